The molecule has 2 heterocycles. The summed E-state index contributed by atoms with van der Waals surface area (Å²) in [7, 11) is 0. The van der Waals surface area contributed by atoms with Gasteiger partial charge in [-0.05, 0) is 12.8 Å². The van der Waals surface area contributed by atoms with Crippen molar-refractivity contribution in [1.29, 1.82) is 0 Å². The van der Waals surface area contributed by atoms with Crippen molar-refractivity contribution in [2.45, 2.75) is 39.9 Å². The van der Waals surface area contributed by atoms with Crippen molar-refractivity contribution >= 4 is 0 Å². The minimum atomic E-state index is 0.577. The fourth-order valence-corrected chi connectivity index (χ4v) is 2.21. The van der Waals surface area contributed by atoms with Crippen molar-refractivity contribution in [2.24, 2.45) is 5.92 Å². The van der Waals surface area contributed by atoms with E-state index in [1.54, 1.807) is 6.33 Å². The van der Waals surface area contributed by atoms with Gasteiger partial charge in [-0.3, -0.25) is 4.90 Å². The molecular weight excluding hydrogens is 214 g/mol. The highest BCUT2D eigenvalue weighted by atomic mass is 15.4. The van der Waals surface area contributed by atoms with E-state index in [9.17, 15) is 0 Å². The Morgan fingerprint density at radius 1 is 1.53 bits per heavy atom. The van der Waals surface area contributed by atoms with Gasteiger partial charge in [0.05, 0.1) is 6.54 Å². The Morgan fingerprint density at radius 2 is 2.35 bits per heavy atom. The summed E-state index contributed by atoms with van der Waals surface area (Å²) in [5.41, 5.74) is 0. The van der Waals surface area contributed by atoms with E-state index in [-0.39, 0.29) is 0 Å². The van der Waals surface area contributed by atoms with Crippen LogP contribution in [-0.2, 0) is 13.1 Å². The Labute approximate surface area is 103 Å². The number of nitrogens with zero attached hydrogens (tertiary/aromatic N) is 4. The molecule has 0 amide bonds. The van der Waals surface area contributed by atoms with E-state index in [0.717, 1.165) is 38.5 Å². The lowest BCUT2D eigenvalue weighted by Crippen LogP contribution is -2.49. The monoisotopic (exact) mass is 237 g/mol. The number of rotatable bonds is 4. The van der Waals surface area contributed by atoms with Gasteiger partial charge in [0, 0.05) is 32.2 Å². The molecule has 0 aromatic carbocycles. The molecule has 1 aromatic rings. The maximum Gasteiger partial charge on any atom is 0.141 e. The second-order valence-corrected chi connectivity index (χ2v) is 5.28. The Balaban J connectivity index is 1.99. The third-order valence-electron chi connectivity index (χ3n) is 3.22. The summed E-state index contributed by atoms with van der Waals surface area (Å²) in [6.07, 6.45) is 1.67. The molecule has 0 saturated carbocycles. The first kappa shape index (κ1) is 12.5. The summed E-state index contributed by atoms with van der Waals surface area (Å²) in [5, 5.41) is 7.72. The van der Waals surface area contributed by atoms with Crippen molar-refractivity contribution in [3.05, 3.63) is 12.2 Å². The van der Waals surface area contributed by atoms with Gasteiger partial charge < -0.3 is 5.32 Å². The highest BCUT2D eigenvalue weighted by Crippen LogP contribution is 2.09. The second kappa shape index (κ2) is 5.60. The number of aromatic nitrogens is 3. The summed E-state index contributed by atoms with van der Waals surface area (Å²) in [5.74, 6) is 1.70. The Morgan fingerprint density at radius 3 is 3.06 bits per heavy atom. The molecule has 1 atom stereocenters. The van der Waals surface area contributed by atoms with E-state index in [2.05, 4.69) is 41.1 Å². The zero-order valence-electron chi connectivity index (χ0n) is 11.1. The first-order valence-corrected chi connectivity index (χ1v) is 6.48. The van der Waals surface area contributed by atoms with Gasteiger partial charge in [0.1, 0.15) is 12.2 Å². The molecule has 17 heavy (non-hydrogen) atoms. The highest BCUT2D eigenvalue weighted by Gasteiger charge is 2.20. The zero-order valence-corrected chi connectivity index (χ0v) is 11.1. The fourth-order valence-electron chi connectivity index (χ4n) is 2.21. The Bertz CT molecular complexity index is 346. The Hall–Kier alpha value is -0.940. The Kier molecular flexibility index (Phi) is 4.12. The van der Waals surface area contributed by atoms with E-state index in [1.165, 1.54) is 0 Å². The van der Waals surface area contributed by atoms with Gasteiger partial charge in [0.2, 0.25) is 0 Å². The van der Waals surface area contributed by atoms with Gasteiger partial charge >= 0.3 is 0 Å². The van der Waals surface area contributed by atoms with Crippen LogP contribution in [0.5, 0.6) is 0 Å². The van der Waals surface area contributed by atoms with E-state index in [0.29, 0.717) is 12.0 Å². The highest BCUT2D eigenvalue weighted by molar-refractivity contribution is 4.88. The predicted molar refractivity (Wildman–Crippen MR) is 67.6 cm³/mol. The van der Waals surface area contributed by atoms with Crippen molar-refractivity contribution < 1.29 is 0 Å². The predicted octanol–water partition coefficient (Wildman–Crippen LogP) is 0.728. The topological polar surface area (TPSA) is 46.0 Å². The molecule has 0 spiro atoms. The van der Waals surface area contributed by atoms with Gasteiger partial charge in [0.25, 0.3) is 0 Å². The molecule has 0 radical (unpaired) electrons. The molecule has 0 unspecified atom stereocenters. The third kappa shape index (κ3) is 3.26. The SMILES string of the molecule is CC(C)Cn1ncnc1CN1CCNC[C@@H]1C. The lowest BCUT2D eigenvalue weighted by molar-refractivity contribution is 0.158. The van der Waals surface area contributed by atoms with Gasteiger partial charge in [-0.25, -0.2) is 9.67 Å². The quantitative estimate of drug-likeness (QED) is 0.838. The maximum absolute atomic E-state index is 4.39. The standard InChI is InChI=1S/C12H23N5/c1-10(2)7-17-12(14-9-15-17)8-16-5-4-13-6-11(16)3/h9-11,13H,4-8H2,1-3H3/t11-/m0/s1. The van der Waals surface area contributed by atoms with E-state index in [4.69, 9.17) is 0 Å². The molecule has 1 saturated heterocycles. The largest absolute Gasteiger partial charge is 0.314 e. The van der Waals surface area contributed by atoms with Gasteiger partial charge in [-0.1, -0.05) is 13.8 Å². The minimum absolute atomic E-state index is 0.577. The summed E-state index contributed by atoms with van der Waals surface area (Å²) in [4.78, 5) is 6.86. The van der Waals surface area contributed by atoms with Crippen LogP contribution in [0.4, 0.5) is 0 Å². The van der Waals surface area contributed by atoms with Crippen molar-refractivity contribution in [3.8, 4) is 0 Å². The molecule has 0 aliphatic carbocycles. The fraction of sp³-hybridized carbons (Fsp3) is 0.833. The maximum atomic E-state index is 4.39. The minimum Gasteiger partial charge on any atom is -0.314 e. The molecule has 1 aromatic heterocycles. The van der Waals surface area contributed by atoms with Crippen LogP contribution in [0.15, 0.2) is 6.33 Å². The van der Waals surface area contributed by atoms with E-state index < -0.39 is 0 Å². The first-order chi connectivity index (χ1) is 8.16. The number of hydrogen-bond donors (Lipinski definition) is 1. The summed E-state index contributed by atoms with van der Waals surface area (Å²) < 4.78 is 2.04. The second-order valence-electron chi connectivity index (χ2n) is 5.28. The van der Waals surface area contributed by atoms with Crippen LogP contribution in [0.1, 0.15) is 26.6 Å². The summed E-state index contributed by atoms with van der Waals surface area (Å²) >= 11 is 0. The van der Waals surface area contributed by atoms with Crippen LogP contribution < -0.4 is 5.32 Å². The third-order valence-corrected chi connectivity index (χ3v) is 3.22. The van der Waals surface area contributed by atoms with E-state index >= 15 is 0 Å². The molecule has 5 heteroatoms. The van der Waals surface area contributed by atoms with Crippen LogP contribution in [0.3, 0.4) is 0 Å². The molecule has 1 fully saturated rings. The average molecular weight is 237 g/mol. The lowest BCUT2D eigenvalue weighted by atomic mass is 10.2. The van der Waals surface area contributed by atoms with Crippen LogP contribution >= 0.6 is 0 Å². The summed E-state index contributed by atoms with van der Waals surface area (Å²) in [6.45, 7) is 11.8. The van der Waals surface area contributed by atoms with Crippen LogP contribution in [0.2, 0.25) is 0 Å². The van der Waals surface area contributed by atoms with Crippen molar-refractivity contribution in [2.75, 3.05) is 19.6 Å². The van der Waals surface area contributed by atoms with Gasteiger partial charge in [0.15, 0.2) is 0 Å². The molecule has 1 N–H and O–H groups in total. The number of nitrogens with one attached hydrogen (secondary N) is 1. The van der Waals surface area contributed by atoms with Gasteiger partial charge in [-0.2, -0.15) is 5.10 Å². The van der Waals surface area contributed by atoms with Crippen molar-refractivity contribution in [3.63, 3.8) is 0 Å². The smallest absolute Gasteiger partial charge is 0.141 e. The zero-order chi connectivity index (χ0) is 12.3. The van der Waals surface area contributed by atoms with Crippen LogP contribution in [-0.4, -0.2) is 45.3 Å². The van der Waals surface area contributed by atoms with Gasteiger partial charge in [-0.15, -0.1) is 0 Å². The molecule has 96 valence electrons. The molecule has 1 aliphatic heterocycles. The normalized spacial score (nSPS) is 22.2. The number of piperazine rings is 1. The first-order valence-electron chi connectivity index (χ1n) is 6.48. The average Bonchev–Trinajstić information content (AvgIpc) is 2.68. The molecule has 5 nitrogen and oxygen atoms in total. The molecule has 1 aliphatic rings. The lowest BCUT2D eigenvalue weighted by Gasteiger charge is -2.33. The van der Waals surface area contributed by atoms with Crippen molar-refractivity contribution in [1.82, 2.24) is 25.0 Å². The summed E-state index contributed by atoms with van der Waals surface area (Å²) in [6, 6.07) is 0.577. The molecule has 0 bridgehead atoms. The molecule has 2 rings (SSSR count). The van der Waals surface area contributed by atoms with Crippen LogP contribution in [0, 0.1) is 5.92 Å². The number of hydrogen-bond acceptors (Lipinski definition) is 4. The van der Waals surface area contributed by atoms with E-state index in [1.807, 2.05) is 4.68 Å². The van der Waals surface area contributed by atoms with Crippen LogP contribution in [0.25, 0.3) is 0 Å². The molecular formula is C12H23N5.